The summed E-state index contributed by atoms with van der Waals surface area (Å²) >= 11 is 5.82. The highest BCUT2D eigenvalue weighted by molar-refractivity contribution is 7.80. The first-order valence-corrected chi connectivity index (χ1v) is 13.2. The summed E-state index contributed by atoms with van der Waals surface area (Å²) in [5, 5.41) is 6.79. The Morgan fingerprint density at radius 2 is 1.82 bits per heavy atom. The number of aromatic nitrogens is 2. The zero-order valence-corrected chi connectivity index (χ0v) is 22.9. The van der Waals surface area contributed by atoms with Gasteiger partial charge in [-0.3, -0.25) is 9.78 Å². The molecule has 5 rings (SSSR count). The number of thiocarbonyl (C=S) groups is 1. The number of anilines is 2. The Balaban J connectivity index is 1.61. The van der Waals surface area contributed by atoms with Crippen molar-refractivity contribution in [3.05, 3.63) is 108 Å². The molecule has 10 heteroatoms. The van der Waals surface area contributed by atoms with Gasteiger partial charge in [0.15, 0.2) is 5.11 Å². The number of nitrogens with zero attached hydrogens (tertiary/aromatic N) is 3. The van der Waals surface area contributed by atoms with E-state index in [0.717, 1.165) is 34.8 Å². The second-order valence-electron chi connectivity index (χ2n) is 9.99. The molecular weight excluding hydrogens is 535 g/mol. The van der Waals surface area contributed by atoms with E-state index in [0.29, 0.717) is 16.5 Å². The number of hydrogen-bond acceptors (Lipinski definition) is 3. The van der Waals surface area contributed by atoms with Gasteiger partial charge < -0.3 is 20.1 Å². The van der Waals surface area contributed by atoms with Crippen LogP contribution in [0.25, 0.3) is 5.69 Å². The van der Waals surface area contributed by atoms with Gasteiger partial charge in [0.2, 0.25) is 5.91 Å². The van der Waals surface area contributed by atoms with Crippen molar-refractivity contribution in [1.29, 1.82) is 0 Å². The number of halogens is 3. The summed E-state index contributed by atoms with van der Waals surface area (Å²) in [5.41, 5.74) is 3.46. The Hall–Kier alpha value is -4.18. The number of pyridine rings is 1. The van der Waals surface area contributed by atoms with Crippen LogP contribution in [-0.4, -0.2) is 20.6 Å². The van der Waals surface area contributed by atoms with Gasteiger partial charge in [-0.2, -0.15) is 13.2 Å². The number of carbonyl (C=O) groups is 1. The predicted octanol–water partition coefficient (Wildman–Crippen LogP) is 6.97. The number of alkyl halides is 3. The van der Waals surface area contributed by atoms with Crippen molar-refractivity contribution >= 4 is 34.6 Å². The summed E-state index contributed by atoms with van der Waals surface area (Å²) < 4.78 is 42.4. The number of nitrogens with one attached hydrogen (secondary N) is 2. The molecule has 4 aromatic rings. The van der Waals surface area contributed by atoms with Crippen LogP contribution in [0.15, 0.2) is 85.2 Å². The lowest BCUT2D eigenvalue weighted by molar-refractivity contribution is -0.137. The molecule has 0 aliphatic carbocycles. The Kier molecular flexibility index (Phi) is 7.37. The van der Waals surface area contributed by atoms with Crippen LogP contribution in [-0.2, 0) is 11.0 Å². The van der Waals surface area contributed by atoms with Crippen LogP contribution in [0.1, 0.15) is 48.4 Å². The highest BCUT2D eigenvalue weighted by Gasteiger charge is 2.42. The third kappa shape index (κ3) is 5.31. The van der Waals surface area contributed by atoms with E-state index in [1.54, 1.807) is 29.1 Å². The standard InChI is InChI=1S/C30H28F3N5OS/c1-18(2)28(39)35-23-13-12-22(16-19(23)3)38-27(26(36-29(38)40)24-10-4-5-14-34-24)25-11-7-15-37(25)21-9-6-8-20(17-21)30(31,32)33/h4-18,26-27H,1-3H3,(H,35,39)(H,36,40). The molecule has 6 nitrogen and oxygen atoms in total. The predicted molar refractivity (Wildman–Crippen MR) is 153 cm³/mol. The molecule has 1 saturated heterocycles. The van der Waals surface area contributed by atoms with E-state index in [9.17, 15) is 18.0 Å². The number of hydrogen-bond donors (Lipinski definition) is 2. The highest BCUT2D eigenvalue weighted by atomic mass is 32.1. The Morgan fingerprint density at radius 3 is 2.50 bits per heavy atom. The fraction of sp³-hybridized carbons (Fsp3) is 0.233. The molecule has 0 bridgehead atoms. The monoisotopic (exact) mass is 563 g/mol. The maximum absolute atomic E-state index is 13.5. The van der Waals surface area contributed by atoms with Crippen LogP contribution in [0, 0.1) is 12.8 Å². The van der Waals surface area contributed by atoms with Crippen LogP contribution >= 0.6 is 12.2 Å². The smallest absolute Gasteiger partial charge is 0.351 e. The number of rotatable bonds is 6. The number of aryl methyl sites for hydroxylation is 1. The quantitative estimate of drug-likeness (QED) is 0.248. The first-order valence-electron chi connectivity index (χ1n) is 12.8. The van der Waals surface area contributed by atoms with Gasteiger partial charge in [0.05, 0.1) is 17.3 Å². The maximum Gasteiger partial charge on any atom is 0.416 e. The van der Waals surface area contributed by atoms with Crippen LogP contribution < -0.4 is 15.5 Å². The lowest BCUT2D eigenvalue weighted by atomic mass is 10.00. The van der Waals surface area contributed by atoms with Gasteiger partial charge in [0.1, 0.15) is 6.04 Å². The van der Waals surface area contributed by atoms with Crippen LogP contribution in [0.2, 0.25) is 0 Å². The van der Waals surface area contributed by atoms with E-state index in [4.69, 9.17) is 12.2 Å². The molecule has 0 saturated carbocycles. The van der Waals surface area contributed by atoms with Gasteiger partial charge in [-0.25, -0.2) is 0 Å². The third-order valence-corrected chi connectivity index (χ3v) is 7.22. The second kappa shape index (κ2) is 10.8. The molecule has 2 atom stereocenters. The summed E-state index contributed by atoms with van der Waals surface area (Å²) in [4.78, 5) is 18.8. The maximum atomic E-state index is 13.5. The zero-order valence-electron chi connectivity index (χ0n) is 22.1. The Labute approximate surface area is 235 Å². The molecule has 3 heterocycles. The summed E-state index contributed by atoms with van der Waals surface area (Å²) in [6.45, 7) is 5.56. The Bertz CT molecular complexity index is 1550. The fourth-order valence-corrected chi connectivity index (χ4v) is 5.20. The molecule has 2 unspecified atom stereocenters. The summed E-state index contributed by atoms with van der Waals surface area (Å²) in [6.07, 6.45) is -1.02. The van der Waals surface area contributed by atoms with Gasteiger partial charge >= 0.3 is 6.18 Å². The minimum atomic E-state index is -4.47. The zero-order chi connectivity index (χ0) is 28.6. The molecule has 2 aromatic carbocycles. The first-order chi connectivity index (χ1) is 19.0. The third-order valence-electron chi connectivity index (χ3n) is 6.90. The van der Waals surface area contributed by atoms with Crippen LogP contribution in [0.4, 0.5) is 24.5 Å². The molecule has 1 amide bonds. The topological polar surface area (TPSA) is 62.2 Å². The Morgan fingerprint density at radius 1 is 1.02 bits per heavy atom. The number of benzene rings is 2. The molecule has 0 spiro atoms. The van der Waals surface area contributed by atoms with E-state index in [1.807, 2.05) is 68.1 Å². The first kappa shape index (κ1) is 27.4. The largest absolute Gasteiger partial charge is 0.416 e. The van der Waals surface area contributed by atoms with Crippen LogP contribution in [0.5, 0.6) is 0 Å². The molecular formula is C30H28F3N5OS. The van der Waals surface area contributed by atoms with Gasteiger partial charge in [0.25, 0.3) is 0 Å². The van der Waals surface area contributed by atoms with Gasteiger partial charge in [0, 0.05) is 41.1 Å². The fourth-order valence-electron chi connectivity index (χ4n) is 4.85. The van der Waals surface area contributed by atoms with Gasteiger partial charge in [-0.15, -0.1) is 0 Å². The van der Waals surface area contributed by atoms with Crippen molar-refractivity contribution in [3.63, 3.8) is 0 Å². The highest BCUT2D eigenvalue weighted by Crippen LogP contribution is 2.43. The molecule has 2 aromatic heterocycles. The molecule has 1 aliphatic rings. The lowest BCUT2D eigenvalue weighted by Gasteiger charge is -2.29. The number of carbonyl (C=O) groups excluding carboxylic acids is 1. The SMILES string of the molecule is Cc1cc(N2C(=S)NC(c3ccccn3)C2c2cccn2-c2cccc(C(F)(F)F)c2)ccc1NC(=O)C(C)C. The molecule has 1 fully saturated rings. The molecule has 1 aliphatic heterocycles. The van der Waals surface area contributed by atoms with E-state index < -0.39 is 17.8 Å². The number of amides is 1. The average molecular weight is 564 g/mol. The van der Waals surface area contributed by atoms with E-state index in [-0.39, 0.29) is 17.9 Å². The van der Waals surface area contributed by atoms with Crippen molar-refractivity contribution in [2.45, 2.75) is 39.0 Å². The normalized spacial score (nSPS) is 17.3. The van der Waals surface area contributed by atoms with E-state index in [1.165, 1.54) is 6.07 Å². The van der Waals surface area contributed by atoms with Crippen molar-refractivity contribution in [1.82, 2.24) is 14.9 Å². The molecule has 0 radical (unpaired) electrons. The van der Waals surface area contributed by atoms with Crippen LogP contribution in [0.3, 0.4) is 0 Å². The van der Waals surface area contributed by atoms with Crippen molar-refractivity contribution in [2.75, 3.05) is 10.2 Å². The van der Waals surface area contributed by atoms with Crippen molar-refractivity contribution < 1.29 is 18.0 Å². The summed E-state index contributed by atoms with van der Waals surface area (Å²) in [5.74, 6) is -0.247. The minimum Gasteiger partial charge on any atom is -0.351 e. The summed E-state index contributed by atoms with van der Waals surface area (Å²) in [6, 6.07) is 19.4. The van der Waals surface area contributed by atoms with E-state index in [2.05, 4.69) is 15.6 Å². The molecule has 2 N–H and O–H groups in total. The molecule has 206 valence electrons. The minimum absolute atomic E-state index is 0.0822. The second-order valence-corrected chi connectivity index (χ2v) is 10.4. The molecule has 40 heavy (non-hydrogen) atoms. The van der Waals surface area contributed by atoms with Gasteiger partial charge in [-0.1, -0.05) is 26.0 Å². The summed E-state index contributed by atoms with van der Waals surface area (Å²) in [7, 11) is 0. The van der Waals surface area contributed by atoms with Crippen molar-refractivity contribution in [2.24, 2.45) is 5.92 Å². The van der Waals surface area contributed by atoms with Crippen molar-refractivity contribution in [3.8, 4) is 5.69 Å². The lowest BCUT2D eigenvalue weighted by Crippen LogP contribution is -2.30. The van der Waals surface area contributed by atoms with Gasteiger partial charge in [-0.05, 0) is 85.4 Å². The van der Waals surface area contributed by atoms with E-state index >= 15 is 0 Å². The average Bonchev–Trinajstić information content (AvgIpc) is 3.54.